The van der Waals surface area contributed by atoms with Crippen LogP contribution in [0.25, 0.3) is 0 Å². The predicted octanol–water partition coefficient (Wildman–Crippen LogP) is 2.66. The van der Waals surface area contributed by atoms with Gasteiger partial charge in [0.05, 0.1) is 6.54 Å². The van der Waals surface area contributed by atoms with Crippen molar-refractivity contribution in [1.82, 2.24) is 4.90 Å². The van der Waals surface area contributed by atoms with Gasteiger partial charge in [-0.05, 0) is 25.6 Å². The molecule has 1 aromatic heterocycles. The largest absolute Gasteiger partial charge is 0.462 e. The van der Waals surface area contributed by atoms with Gasteiger partial charge in [-0.3, -0.25) is 4.90 Å². The van der Waals surface area contributed by atoms with Gasteiger partial charge in [0.15, 0.2) is 0 Å². The molecule has 1 aliphatic heterocycles. The first-order valence-corrected chi connectivity index (χ1v) is 6.65. The normalized spacial score (nSPS) is 19.4. The van der Waals surface area contributed by atoms with Gasteiger partial charge >= 0.3 is 0 Å². The number of fused-ring (bicyclic) bond motifs is 1. The lowest BCUT2D eigenvalue weighted by molar-refractivity contribution is 0.225. The van der Waals surface area contributed by atoms with Crippen molar-refractivity contribution in [2.45, 2.75) is 26.0 Å². The molecule has 1 unspecified atom stereocenters. The molecule has 0 fully saturated rings. The van der Waals surface area contributed by atoms with Crippen LogP contribution in [0.3, 0.4) is 0 Å². The molecular formula is C16H19NO2. The molecule has 19 heavy (non-hydrogen) atoms. The number of rotatable bonds is 2. The standard InChI is InChI=1S/C16H19NO2/c1-11-3-5-12(6-4-11)15-8-17(2)9-16-14(15)7-13(10-18)19-16/h3-7,15,18H,8-10H2,1-2H3. The second-order valence-electron chi connectivity index (χ2n) is 5.41. The summed E-state index contributed by atoms with van der Waals surface area (Å²) in [7, 11) is 2.10. The maximum absolute atomic E-state index is 9.24. The van der Waals surface area contributed by atoms with Gasteiger partial charge in [-0.15, -0.1) is 0 Å². The zero-order valence-electron chi connectivity index (χ0n) is 11.4. The summed E-state index contributed by atoms with van der Waals surface area (Å²) in [5.41, 5.74) is 3.81. The average Bonchev–Trinajstić information content (AvgIpc) is 2.81. The smallest absolute Gasteiger partial charge is 0.129 e. The van der Waals surface area contributed by atoms with Gasteiger partial charge in [0.1, 0.15) is 18.1 Å². The van der Waals surface area contributed by atoms with Crippen molar-refractivity contribution >= 4 is 0 Å². The minimum absolute atomic E-state index is 0.0304. The van der Waals surface area contributed by atoms with Crippen LogP contribution in [0.2, 0.25) is 0 Å². The molecule has 0 radical (unpaired) electrons. The molecule has 100 valence electrons. The number of aliphatic hydroxyl groups is 1. The molecule has 1 N–H and O–H groups in total. The molecule has 0 bridgehead atoms. The zero-order valence-corrected chi connectivity index (χ0v) is 11.4. The third-order valence-corrected chi connectivity index (χ3v) is 3.81. The third-order valence-electron chi connectivity index (χ3n) is 3.81. The maximum Gasteiger partial charge on any atom is 0.129 e. The quantitative estimate of drug-likeness (QED) is 0.898. The first-order valence-electron chi connectivity index (χ1n) is 6.65. The van der Waals surface area contributed by atoms with E-state index < -0.39 is 0 Å². The summed E-state index contributed by atoms with van der Waals surface area (Å²) in [6.45, 7) is 3.87. The summed E-state index contributed by atoms with van der Waals surface area (Å²) in [6, 6.07) is 10.7. The minimum Gasteiger partial charge on any atom is -0.462 e. The van der Waals surface area contributed by atoms with Gasteiger partial charge in [0, 0.05) is 18.0 Å². The van der Waals surface area contributed by atoms with Crippen LogP contribution in [0.1, 0.15) is 34.1 Å². The van der Waals surface area contributed by atoms with E-state index >= 15 is 0 Å². The second kappa shape index (κ2) is 4.83. The molecule has 0 saturated carbocycles. The maximum atomic E-state index is 9.24. The molecule has 2 heterocycles. The highest BCUT2D eigenvalue weighted by atomic mass is 16.4. The number of nitrogens with zero attached hydrogens (tertiary/aromatic N) is 1. The van der Waals surface area contributed by atoms with Crippen LogP contribution in [0.4, 0.5) is 0 Å². The Hall–Kier alpha value is -1.58. The fourth-order valence-corrected chi connectivity index (χ4v) is 2.80. The van der Waals surface area contributed by atoms with Crippen molar-refractivity contribution in [2.75, 3.05) is 13.6 Å². The van der Waals surface area contributed by atoms with Crippen LogP contribution in [0, 0.1) is 6.92 Å². The van der Waals surface area contributed by atoms with Crippen LogP contribution in [0.15, 0.2) is 34.7 Å². The van der Waals surface area contributed by atoms with E-state index in [-0.39, 0.29) is 6.61 Å². The molecule has 0 aliphatic carbocycles. The van der Waals surface area contributed by atoms with E-state index in [1.54, 1.807) is 0 Å². The lowest BCUT2D eigenvalue weighted by atomic mass is 9.88. The van der Waals surface area contributed by atoms with E-state index in [4.69, 9.17) is 4.42 Å². The number of likely N-dealkylation sites (N-methyl/N-ethyl adjacent to an activating group) is 1. The van der Waals surface area contributed by atoms with Crippen molar-refractivity contribution in [3.05, 3.63) is 58.5 Å². The summed E-state index contributed by atoms with van der Waals surface area (Å²) >= 11 is 0. The van der Waals surface area contributed by atoms with Crippen LogP contribution < -0.4 is 0 Å². The van der Waals surface area contributed by atoms with Gasteiger partial charge in [-0.25, -0.2) is 0 Å². The zero-order chi connectivity index (χ0) is 13.4. The summed E-state index contributed by atoms with van der Waals surface area (Å²) in [5.74, 6) is 1.99. The summed E-state index contributed by atoms with van der Waals surface area (Å²) in [4.78, 5) is 2.26. The van der Waals surface area contributed by atoms with E-state index in [9.17, 15) is 5.11 Å². The number of furan rings is 1. The van der Waals surface area contributed by atoms with Crippen molar-refractivity contribution in [3.8, 4) is 0 Å². The Kier molecular flexibility index (Phi) is 3.17. The van der Waals surface area contributed by atoms with Gasteiger partial charge in [0.2, 0.25) is 0 Å². The highest BCUT2D eigenvalue weighted by molar-refractivity contribution is 5.38. The molecule has 0 spiro atoms. The van der Waals surface area contributed by atoms with Crippen molar-refractivity contribution in [2.24, 2.45) is 0 Å². The molecule has 1 aliphatic rings. The van der Waals surface area contributed by atoms with Crippen LogP contribution in [0.5, 0.6) is 0 Å². The molecule has 1 atom stereocenters. The number of hydrogen-bond acceptors (Lipinski definition) is 3. The van der Waals surface area contributed by atoms with Gasteiger partial charge < -0.3 is 9.52 Å². The van der Waals surface area contributed by atoms with Crippen molar-refractivity contribution in [1.29, 1.82) is 0 Å². The van der Waals surface area contributed by atoms with Gasteiger partial charge in [-0.2, -0.15) is 0 Å². The fourth-order valence-electron chi connectivity index (χ4n) is 2.80. The predicted molar refractivity (Wildman–Crippen MR) is 74.0 cm³/mol. The lowest BCUT2D eigenvalue weighted by Gasteiger charge is -2.29. The molecule has 3 nitrogen and oxygen atoms in total. The Balaban J connectivity index is 2.02. The molecular weight excluding hydrogens is 238 g/mol. The number of aryl methyl sites for hydroxylation is 1. The summed E-state index contributed by atoms with van der Waals surface area (Å²) in [5, 5.41) is 9.24. The Labute approximate surface area is 113 Å². The van der Waals surface area contributed by atoms with E-state index in [0.717, 1.165) is 18.8 Å². The Morgan fingerprint density at radius 3 is 2.74 bits per heavy atom. The fraction of sp³-hybridized carbons (Fsp3) is 0.375. The van der Waals surface area contributed by atoms with Crippen molar-refractivity contribution in [3.63, 3.8) is 0 Å². The highest BCUT2D eigenvalue weighted by Gasteiger charge is 2.28. The molecule has 0 amide bonds. The molecule has 3 heteroatoms. The lowest BCUT2D eigenvalue weighted by Crippen LogP contribution is -2.30. The highest BCUT2D eigenvalue weighted by Crippen LogP contribution is 2.35. The Bertz CT molecular complexity index is 571. The van der Waals surface area contributed by atoms with Crippen LogP contribution in [-0.4, -0.2) is 23.6 Å². The molecule has 1 aromatic carbocycles. The van der Waals surface area contributed by atoms with Crippen LogP contribution in [-0.2, 0) is 13.2 Å². The number of hydrogen-bond donors (Lipinski definition) is 1. The van der Waals surface area contributed by atoms with E-state index in [0.29, 0.717) is 11.7 Å². The van der Waals surface area contributed by atoms with Gasteiger partial charge in [-0.1, -0.05) is 29.8 Å². The van der Waals surface area contributed by atoms with Crippen LogP contribution >= 0.6 is 0 Å². The molecule has 2 aromatic rings. The SMILES string of the molecule is Cc1ccc(C2CN(C)Cc3oc(CO)cc32)cc1. The molecule has 3 rings (SSSR count). The third kappa shape index (κ3) is 2.31. The van der Waals surface area contributed by atoms with E-state index in [1.165, 1.54) is 16.7 Å². The molecule has 0 saturated heterocycles. The first kappa shape index (κ1) is 12.5. The average molecular weight is 257 g/mol. The second-order valence-corrected chi connectivity index (χ2v) is 5.41. The Morgan fingerprint density at radius 1 is 1.32 bits per heavy atom. The monoisotopic (exact) mass is 257 g/mol. The number of benzene rings is 1. The first-order chi connectivity index (χ1) is 9.17. The summed E-state index contributed by atoms with van der Waals surface area (Å²) in [6.07, 6.45) is 0. The van der Waals surface area contributed by atoms with Crippen molar-refractivity contribution < 1.29 is 9.52 Å². The Morgan fingerprint density at radius 2 is 2.05 bits per heavy atom. The van der Waals surface area contributed by atoms with Gasteiger partial charge in [0.25, 0.3) is 0 Å². The van der Waals surface area contributed by atoms with E-state index in [2.05, 4.69) is 43.1 Å². The summed E-state index contributed by atoms with van der Waals surface area (Å²) < 4.78 is 5.71. The topological polar surface area (TPSA) is 36.6 Å². The minimum atomic E-state index is -0.0304. The number of aliphatic hydroxyl groups excluding tert-OH is 1. The van der Waals surface area contributed by atoms with E-state index in [1.807, 2.05) is 6.07 Å².